The number of carbonyl (C=O) groups is 1. The first-order chi connectivity index (χ1) is 14.9. The van der Waals surface area contributed by atoms with Crippen LogP contribution in [0.5, 0.6) is 0 Å². The molecule has 1 saturated heterocycles. The lowest BCUT2D eigenvalue weighted by Crippen LogP contribution is -2.35. The van der Waals surface area contributed by atoms with Gasteiger partial charge in [-0.2, -0.15) is 0 Å². The molecule has 0 bridgehead atoms. The van der Waals surface area contributed by atoms with Crippen LogP contribution in [-0.2, 0) is 0 Å². The van der Waals surface area contributed by atoms with Crippen LogP contribution in [0.25, 0.3) is 10.1 Å². The van der Waals surface area contributed by atoms with Crippen molar-refractivity contribution in [2.24, 2.45) is 5.92 Å². The lowest BCUT2D eigenvalue weighted by atomic mass is 9.89. The predicted molar refractivity (Wildman–Crippen MR) is 134 cm³/mol. The Balaban J connectivity index is 1.47. The maximum Gasteiger partial charge on any atom is 0.255 e. The van der Waals surface area contributed by atoms with Gasteiger partial charge in [-0.25, -0.2) is 0 Å². The zero-order valence-corrected chi connectivity index (χ0v) is 19.8. The molecule has 1 amide bonds. The summed E-state index contributed by atoms with van der Waals surface area (Å²) in [6.45, 7) is 8.15. The van der Waals surface area contributed by atoms with Crippen molar-refractivity contribution in [1.29, 1.82) is 0 Å². The van der Waals surface area contributed by atoms with E-state index in [-0.39, 0.29) is 5.91 Å². The average molecular weight is 436 g/mol. The Bertz CT molecular complexity index is 1030. The van der Waals surface area contributed by atoms with Crippen molar-refractivity contribution in [2.45, 2.75) is 32.6 Å². The van der Waals surface area contributed by atoms with Crippen LogP contribution in [0.1, 0.15) is 48.5 Å². The van der Waals surface area contributed by atoms with Gasteiger partial charge in [0.05, 0.1) is 0 Å². The van der Waals surface area contributed by atoms with Crippen LogP contribution in [0.2, 0.25) is 0 Å². The van der Waals surface area contributed by atoms with Crippen LogP contribution < -0.4 is 10.2 Å². The second kappa shape index (κ2) is 9.41. The van der Waals surface area contributed by atoms with Crippen molar-refractivity contribution in [3.05, 3.63) is 59.0 Å². The van der Waals surface area contributed by atoms with E-state index in [1.165, 1.54) is 48.1 Å². The molecule has 0 saturated carbocycles. The van der Waals surface area contributed by atoms with Crippen molar-refractivity contribution >= 4 is 38.7 Å². The van der Waals surface area contributed by atoms with Crippen LogP contribution in [0.4, 0.5) is 11.4 Å². The Kier molecular flexibility index (Phi) is 6.63. The fourth-order valence-corrected chi connectivity index (χ4v) is 5.52. The minimum atomic E-state index is -0.0663. The lowest BCUT2D eigenvalue weighted by molar-refractivity contribution is 0.102. The summed E-state index contributed by atoms with van der Waals surface area (Å²) in [7, 11) is 3.99. The third-order valence-corrected chi connectivity index (χ3v) is 7.14. The second-order valence-corrected chi connectivity index (χ2v) is 10.2. The molecular formula is C26H33N3OS. The summed E-state index contributed by atoms with van der Waals surface area (Å²) in [5, 5.41) is 6.72. The van der Waals surface area contributed by atoms with Gasteiger partial charge in [0.1, 0.15) is 0 Å². The van der Waals surface area contributed by atoms with Gasteiger partial charge in [0.2, 0.25) is 0 Å². The minimum Gasteiger partial charge on any atom is -0.378 e. The van der Waals surface area contributed by atoms with Gasteiger partial charge in [-0.3, -0.25) is 4.79 Å². The Hall–Kier alpha value is -2.37. The Labute approximate surface area is 189 Å². The number of fused-ring (bicyclic) bond motifs is 1. The van der Waals surface area contributed by atoms with Gasteiger partial charge in [-0.15, -0.1) is 11.3 Å². The molecule has 0 atom stereocenters. The van der Waals surface area contributed by atoms with Crippen molar-refractivity contribution in [2.75, 3.05) is 43.9 Å². The first kappa shape index (κ1) is 21.8. The highest BCUT2D eigenvalue weighted by Crippen LogP contribution is 2.38. The summed E-state index contributed by atoms with van der Waals surface area (Å²) in [4.78, 5) is 17.4. The molecule has 5 heteroatoms. The molecule has 0 spiro atoms. The molecule has 1 aliphatic rings. The monoisotopic (exact) mass is 435 g/mol. The van der Waals surface area contributed by atoms with Crippen LogP contribution in [0.15, 0.2) is 47.8 Å². The number of thiophene rings is 1. The van der Waals surface area contributed by atoms with E-state index in [0.717, 1.165) is 17.3 Å². The van der Waals surface area contributed by atoms with E-state index in [9.17, 15) is 4.79 Å². The number of likely N-dealkylation sites (tertiary alicyclic amines) is 1. The van der Waals surface area contributed by atoms with E-state index in [1.807, 2.05) is 60.7 Å². The summed E-state index contributed by atoms with van der Waals surface area (Å²) in [5.41, 5.74) is 4.08. The molecule has 0 radical (unpaired) electrons. The topological polar surface area (TPSA) is 35.6 Å². The zero-order chi connectivity index (χ0) is 22.0. The van der Waals surface area contributed by atoms with E-state index < -0.39 is 0 Å². The minimum absolute atomic E-state index is 0.0663. The molecule has 4 rings (SSSR count). The van der Waals surface area contributed by atoms with Crippen molar-refractivity contribution in [3.8, 4) is 0 Å². The summed E-state index contributed by atoms with van der Waals surface area (Å²) in [6, 6.07) is 14.0. The molecule has 0 unspecified atom stereocenters. The Morgan fingerprint density at radius 1 is 1.13 bits per heavy atom. The standard InChI is InChI=1S/C26H33N3OS/c1-18(2)16-29-13-11-19(12-14-29)24-17-31-25-10-7-21(15-23(24)25)27-26(30)20-5-8-22(9-6-20)28(3)4/h5-10,15,17-19H,11-14,16H2,1-4H3,(H,27,30). The summed E-state index contributed by atoms with van der Waals surface area (Å²) in [5.74, 6) is 1.27. The molecule has 1 fully saturated rings. The predicted octanol–water partition coefficient (Wildman–Crippen LogP) is 6.06. The van der Waals surface area contributed by atoms with E-state index in [0.29, 0.717) is 11.5 Å². The smallest absolute Gasteiger partial charge is 0.255 e. The van der Waals surface area contributed by atoms with Gasteiger partial charge in [0.15, 0.2) is 0 Å². The molecule has 1 N–H and O–H groups in total. The Morgan fingerprint density at radius 3 is 2.48 bits per heavy atom. The van der Waals surface area contributed by atoms with E-state index >= 15 is 0 Å². The maximum absolute atomic E-state index is 12.8. The van der Waals surface area contributed by atoms with Crippen LogP contribution in [-0.4, -0.2) is 44.5 Å². The van der Waals surface area contributed by atoms with E-state index in [2.05, 4.69) is 41.6 Å². The number of rotatable bonds is 6. The molecule has 4 nitrogen and oxygen atoms in total. The highest BCUT2D eigenvalue weighted by molar-refractivity contribution is 7.17. The van der Waals surface area contributed by atoms with Gasteiger partial charge in [0, 0.05) is 42.3 Å². The molecule has 2 heterocycles. The van der Waals surface area contributed by atoms with Crippen LogP contribution >= 0.6 is 11.3 Å². The van der Waals surface area contributed by atoms with Gasteiger partial charge in [-0.1, -0.05) is 13.8 Å². The number of amides is 1. The number of hydrogen-bond acceptors (Lipinski definition) is 4. The number of hydrogen-bond donors (Lipinski definition) is 1. The summed E-state index contributed by atoms with van der Waals surface area (Å²) in [6.07, 6.45) is 2.43. The van der Waals surface area contributed by atoms with Crippen molar-refractivity contribution in [3.63, 3.8) is 0 Å². The fraction of sp³-hybridized carbons (Fsp3) is 0.423. The van der Waals surface area contributed by atoms with Crippen LogP contribution in [0.3, 0.4) is 0 Å². The van der Waals surface area contributed by atoms with Crippen LogP contribution in [0, 0.1) is 5.92 Å². The highest BCUT2D eigenvalue weighted by atomic mass is 32.1. The number of piperidine rings is 1. The van der Waals surface area contributed by atoms with Gasteiger partial charge >= 0.3 is 0 Å². The van der Waals surface area contributed by atoms with Gasteiger partial charge < -0.3 is 15.1 Å². The normalized spacial score (nSPS) is 15.5. The molecule has 3 aromatic rings. The highest BCUT2D eigenvalue weighted by Gasteiger charge is 2.23. The van der Waals surface area contributed by atoms with Crippen molar-refractivity contribution in [1.82, 2.24) is 4.90 Å². The molecule has 164 valence electrons. The molecule has 2 aromatic carbocycles. The first-order valence-electron chi connectivity index (χ1n) is 11.2. The number of nitrogens with zero attached hydrogens (tertiary/aromatic N) is 2. The van der Waals surface area contributed by atoms with Crippen molar-refractivity contribution < 1.29 is 4.79 Å². The zero-order valence-electron chi connectivity index (χ0n) is 19.0. The molecule has 1 aromatic heterocycles. The third-order valence-electron chi connectivity index (χ3n) is 6.16. The quantitative estimate of drug-likeness (QED) is 0.511. The molecular weight excluding hydrogens is 402 g/mol. The van der Waals surface area contributed by atoms with E-state index in [1.54, 1.807) is 0 Å². The van der Waals surface area contributed by atoms with E-state index in [4.69, 9.17) is 0 Å². The molecule has 31 heavy (non-hydrogen) atoms. The SMILES string of the molecule is CC(C)CN1CCC(c2csc3ccc(NC(=O)c4ccc(N(C)C)cc4)cc23)CC1. The van der Waals surface area contributed by atoms with Gasteiger partial charge in [-0.05, 0) is 96.6 Å². The Morgan fingerprint density at radius 2 is 1.84 bits per heavy atom. The fourth-order valence-electron chi connectivity index (χ4n) is 4.50. The largest absolute Gasteiger partial charge is 0.378 e. The number of benzene rings is 2. The molecule has 0 aliphatic carbocycles. The summed E-state index contributed by atoms with van der Waals surface area (Å²) >= 11 is 1.82. The number of nitrogens with one attached hydrogen (secondary N) is 1. The number of anilines is 2. The maximum atomic E-state index is 12.8. The third kappa shape index (κ3) is 5.10. The first-order valence-corrected chi connectivity index (χ1v) is 12.1. The van der Waals surface area contributed by atoms with Gasteiger partial charge in [0.25, 0.3) is 5.91 Å². The molecule has 1 aliphatic heterocycles. The summed E-state index contributed by atoms with van der Waals surface area (Å²) < 4.78 is 1.30. The lowest BCUT2D eigenvalue weighted by Gasteiger charge is -2.33. The average Bonchev–Trinajstić information content (AvgIpc) is 3.17. The number of carbonyl (C=O) groups excluding carboxylic acids is 1. The second-order valence-electron chi connectivity index (χ2n) is 9.27.